The van der Waals surface area contributed by atoms with Crippen molar-refractivity contribution in [2.45, 2.75) is 122 Å². The minimum atomic E-state index is 0.718. The van der Waals surface area contributed by atoms with E-state index in [0.29, 0.717) is 0 Å². The Balaban J connectivity index is 1.48. The predicted octanol–water partition coefficient (Wildman–Crippen LogP) is 8.85. The lowest BCUT2D eigenvalue weighted by Gasteiger charge is -2.47. The van der Waals surface area contributed by atoms with Gasteiger partial charge in [-0.2, -0.15) is 0 Å². The largest absolute Gasteiger partial charge is 0.0654 e. The summed E-state index contributed by atoms with van der Waals surface area (Å²) < 4.78 is 0. The molecule has 0 aromatic heterocycles. The van der Waals surface area contributed by atoms with Crippen LogP contribution in [0.2, 0.25) is 0 Å². The van der Waals surface area contributed by atoms with E-state index < -0.39 is 0 Å². The Morgan fingerprint density at radius 3 is 2.26 bits per heavy atom. The van der Waals surface area contributed by atoms with E-state index in [-0.39, 0.29) is 0 Å². The summed E-state index contributed by atoms with van der Waals surface area (Å²) in [6, 6.07) is 12.1. The van der Waals surface area contributed by atoms with Crippen LogP contribution in [0.3, 0.4) is 0 Å². The first-order valence-electron chi connectivity index (χ1n) is 12.3. The fourth-order valence-corrected chi connectivity index (χ4v) is 6.25. The Kier molecular flexibility index (Phi) is 8.75. The maximum absolute atomic E-state index is 3.29. The first kappa shape index (κ1) is 20.9. The molecule has 0 heteroatoms. The third-order valence-corrected chi connectivity index (χ3v) is 7.92. The molecule has 1 aromatic carbocycles. The van der Waals surface area contributed by atoms with Crippen LogP contribution in [0, 0.1) is 17.4 Å². The number of hydrogen-bond donors (Lipinski definition) is 0. The fourth-order valence-electron chi connectivity index (χ4n) is 6.25. The topological polar surface area (TPSA) is 0 Å². The maximum Gasteiger partial charge on any atom is -0.0162 e. The molecule has 0 aliphatic heterocycles. The van der Waals surface area contributed by atoms with Crippen LogP contribution in [0.1, 0.15) is 128 Å². The Morgan fingerprint density at radius 2 is 1.59 bits per heavy atom. The lowest BCUT2D eigenvalue weighted by Crippen LogP contribution is -2.35. The van der Waals surface area contributed by atoms with Gasteiger partial charge >= 0.3 is 0 Å². The monoisotopic (exact) mass is 367 g/mol. The van der Waals surface area contributed by atoms with Crippen molar-refractivity contribution < 1.29 is 0 Å². The van der Waals surface area contributed by atoms with Gasteiger partial charge in [0.2, 0.25) is 0 Å². The van der Waals surface area contributed by atoms with Crippen molar-refractivity contribution in [3.8, 4) is 0 Å². The van der Waals surface area contributed by atoms with Crippen molar-refractivity contribution in [2.24, 2.45) is 11.3 Å². The van der Waals surface area contributed by atoms with E-state index in [4.69, 9.17) is 0 Å². The molecule has 1 radical (unpaired) electrons. The Labute approximate surface area is 169 Å². The number of hydrogen-bond acceptors (Lipinski definition) is 0. The highest BCUT2D eigenvalue weighted by atomic mass is 14.5. The van der Waals surface area contributed by atoms with Gasteiger partial charge in [-0.3, -0.25) is 0 Å². The van der Waals surface area contributed by atoms with Gasteiger partial charge in [0.15, 0.2) is 0 Å². The minimum absolute atomic E-state index is 0.718. The average molecular weight is 368 g/mol. The van der Waals surface area contributed by atoms with Gasteiger partial charge < -0.3 is 0 Å². The molecular formula is C27H43. The van der Waals surface area contributed by atoms with E-state index in [9.17, 15) is 0 Å². The highest BCUT2D eigenvalue weighted by molar-refractivity contribution is 5.19. The molecule has 0 unspecified atom stereocenters. The van der Waals surface area contributed by atoms with Gasteiger partial charge in [-0.25, -0.2) is 0 Å². The summed E-state index contributed by atoms with van der Waals surface area (Å²) in [5.41, 5.74) is 2.26. The number of benzene rings is 1. The highest BCUT2D eigenvalue weighted by Crippen LogP contribution is 2.53. The van der Waals surface area contributed by atoms with Gasteiger partial charge in [0.05, 0.1) is 0 Å². The van der Waals surface area contributed by atoms with Crippen LogP contribution in [0.4, 0.5) is 0 Å². The lowest BCUT2D eigenvalue weighted by molar-refractivity contribution is 0.0506. The quantitative estimate of drug-likeness (QED) is 0.362. The summed E-state index contributed by atoms with van der Waals surface area (Å²) in [6.07, 6.45) is 25.1. The predicted molar refractivity (Wildman–Crippen MR) is 118 cm³/mol. The second kappa shape index (κ2) is 11.3. The molecule has 2 aliphatic carbocycles. The first-order chi connectivity index (χ1) is 13.3. The molecule has 2 fully saturated rings. The molecule has 0 bridgehead atoms. The van der Waals surface area contributed by atoms with Gasteiger partial charge in [-0.15, -0.1) is 0 Å². The van der Waals surface area contributed by atoms with Crippen molar-refractivity contribution in [1.29, 1.82) is 0 Å². The molecule has 0 N–H and O–H groups in total. The van der Waals surface area contributed by atoms with E-state index in [2.05, 4.69) is 31.2 Å². The second-order valence-corrected chi connectivity index (χ2v) is 9.68. The van der Waals surface area contributed by atoms with E-state index >= 15 is 0 Å². The van der Waals surface area contributed by atoms with E-state index in [0.717, 1.165) is 17.3 Å². The van der Waals surface area contributed by atoms with Crippen LogP contribution in [-0.4, -0.2) is 0 Å². The minimum Gasteiger partial charge on any atom is -0.0654 e. The zero-order chi connectivity index (χ0) is 18.8. The summed E-state index contributed by atoms with van der Waals surface area (Å²) in [7, 11) is 0. The summed E-state index contributed by atoms with van der Waals surface area (Å²) in [5.74, 6) is 1.82. The molecule has 151 valence electrons. The van der Waals surface area contributed by atoms with Gasteiger partial charge in [0.1, 0.15) is 0 Å². The third kappa shape index (κ3) is 6.10. The van der Waals surface area contributed by atoms with Gasteiger partial charge in [-0.1, -0.05) is 95.4 Å². The molecule has 0 atom stereocenters. The third-order valence-electron chi connectivity index (χ3n) is 7.92. The number of rotatable bonds is 10. The highest BCUT2D eigenvalue weighted by Gasteiger charge is 2.40. The van der Waals surface area contributed by atoms with Crippen molar-refractivity contribution in [3.05, 3.63) is 35.9 Å². The first-order valence-corrected chi connectivity index (χ1v) is 12.3. The molecule has 2 aliphatic rings. The van der Waals surface area contributed by atoms with Crippen molar-refractivity contribution in [1.82, 2.24) is 0 Å². The van der Waals surface area contributed by atoms with Crippen LogP contribution < -0.4 is 0 Å². The molecule has 3 rings (SSSR count). The summed E-state index contributed by atoms with van der Waals surface area (Å²) >= 11 is 0. The van der Waals surface area contributed by atoms with Gasteiger partial charge in [0, 0.05) is 0 Å². The molecule has 0 nitrogen and oxygen atoms in total. The fraction of sp³-hybridized carbons (Fsp3) is 0.778. The SMILES string of the molecule is CCCCCCCCCC1(C2CCC(c3c[c]ccc3)CC2)CCCCC1. The smallest absolute Gasteiger partial charge is 0.0162 e. The normalized spacial score (nSPS) is 25.4. The van der Waals surface area contributed by atoms with Crippen molar-refractivity contribution in [2.75, 3.05) is 0 Å². The molecule has 27 heavy (non-hydrogen) atoms. The average Bonchev–Trinajstić information content (AvgIpc) is 2.74. The van der Waals surface area contributed by atoms with Crippen LogP contribution in [0.15, 0.2) is 24.3 Å². The van der Waals surface area contributed by atoms with Crippen LogP contribution in [0.25, 0.3) is 0 Å². The molecular weight excluding hydrogens is 324 g/mol. The zero-order valence-corrected chi connectivity index (χ0v) is 18.0. The van der Waals surface area contributed by atoms with Gasteiger partial charge in [-0.05, 0) is 73.8 Å². The summed E-state index contributed by atoms with van der Waals surface area (Å²) in [5, 5.41) is 0. The van der Waals surface area contributed by atoms with E-state index in [1.54, 1.807) is 5.56 Å². The molecule has 0 amide bonds. The summed E-state index contributed by atoms with van der Waals surface area (Å²) in [4.78, 5) is 0. The Morgan fingerprint density at radius 1 is 0.889 bits per heavy atom. The van der Waals surface area contributed by atoms with E-state index in [1.165, 1.54) is 109 Å². The van der Waals surface area contributed by atoms with E-state index in [1.807, 2.05) is 6.07 Å². The second-order valence-electron chi connectivity index (χ2n) is 9.68. The molecule has 1 aromatic rings. The van der Waals surface area contributed by atoms with Gasteiger partial charge in [0.25, 0.3) is 0 Å². The van der Waals surface area contributed by atoms with Crippen molar-refractivity contribution in [3.63, 3.8) is 0 Å². The molecule has 2 saturated carbocycles. The maximum atomic E-state index is 3.29. The Hall–Kier alpha value is -0.780. The zero-order valence-electron chi connectivity index (χ0n) is 18.0. The number of unbranched alkanes of at least 4 members (excludes halogenated alkanes) is 6. The van der Waals surface area contributed by atoms with Crippen molar-refractivity contribution >= 4 is 0 Å². The van der Waals surface area contributed by atoms with Crippen LogP contribution in [-0.2, 0) is 0 Å². The Bertz CT molecular complexity index is 488. The lowest BCUT2D eigenvalue weighted by atomic mass is 9.58. The summed E-state index contributed by atoms with van der Waals surface area (Å²) in [6.45, 7) is 2.32. The van der Waals surface area contributed by atoms with Crippen LogP contribution >= 0.6 is 0 Å². The molecule has 0 spiro atoms. The molecule has 0 heterocycles. The standard InChI is InChI=1S/C27H43/c1-2-3-4-5-6-7-12-21-27(22-13-9-14-23-27)26-19-17-25(18-20-26)24-15-10-8-11-16-24/h8,10,15-16,25-26H,2-7,9,12-14,17-23H2,1H3. The molecule has 0 saturated heterocycles. The van der Waals surface area contributed by atoms with Crippen LogP contribution in [0.5, 0.6) is 0 Å².